The molecule has 23 heavy (non-hydrogen) atoms. The molecule has 0 aliphatic carbocycles. The van der Waals surface area contributed by atoms with E-state index in [-0.39, 0.29) is 48.8 Å². The van der Waals surface area contributed by atoms with Gasteiger partial charge in [-0.1, -0.05) is 15.9 Å². The van der Waals surface area contributed by atoms with Crippen molar-refractivity contribution in [3.63, 3.8) is 0 Å². The highest BCUT2D eigenvalue weighted by molar-refractivity contribution is 14.0. The molecule has 0 heterocycles. The summed E-state index contributed by atoms with van der Waals surface area (Å²) in [6.45, 7) is 1.09. The van der Waals surface area contributed by atoms with Gasteiger partial charge >= 0.3 is 6.18 Å². The minimum absolute atomic E-state index is 0. The van der Waals surface area contributed by atoms with Crippen molar-refractivity contribution in [3.05, 3.63) is 28.2 Å². The lowest BCUT2D eigenvalue weighted by Gasteiger charge is -2.14. The second-order valence-corrected chi connectivity index (χ2v) is 5.09. The molecule has 0 aromatic heterocycles. The lowest BCUT2D eigenvalue weighted by atomic mass is 10.2. The minimum atomic E-state index is -4.48. The first-order valence-electron chi connectivity index (χ1n) is 6.37. The van der Waals surface area contributed by atoms with Crippen LogP contribution in [0.15, 0.2) is 27.7 Å². The van der Waals surface area contributed by atoms with Crippen LogP contribution in [0.3, 0.4) is 0 Å². The fourth-order valence-corrected chi connectivity index (χ4v) is 1.86. The van der Waals surface area contributed by atoms with E-state index in [4.69, 9.17) is 15.2 Å². The maximum absolute atomic E-state index is 12.9. The Kier molecular flexibility index (Phi) is 10.6. The van der Waals surface area contributed by atoms with Crippen LogP contribution in [0.5, 0.6) is 5.75 Å². The number of alkyl halides is 3. The zero-order chi connectivity index (χ0) is 16.6. The number of nitrogens with two attached hydrogens (primary N) is 1. The van der Waals surface area contributed by atoms with Gasteiger partial charge in [0.2, 0.25) is 0 Å². The van der Waals surface area contributed by atoms with Crippen LogP contribution >= 0.6 is 39.9 Å². The lowest BCUT2D eigenvalue weighted by Crippen LogP contribution is -2.35. The maximum Gasteiger partial charge on any atom is 0.420 e. The van der Waals surface area contributed by atoms with Gasteiger partial charge in [-0.2, -0.15) is 13.2 Å². The largest absolute Gasteiger partial charge is 0.491 e. The van der Waals surface area contributed by atoms with Gasteiger partial charge in [-0.05, 0) is 18.2 Å². The number of methoxy groups -OCH3 is 1. The Morgan fingerprint density at radius 1 is 1.35 bits per heavy atom. The van der Waals surface area contributed by atoms with Crippen molar-refractivity contribution in [3.8, 4) is 5.75 Å². The molecule has 0 atom stereocenters. The van der Waals surface area contributed by atoms with Crippen molar-refractivity contribution >= 4 is 45.9 Å². The predicted octanol–water partition coefficient (Wildman–Crippen LogP) is 3.02. The first-order chi connectivity index (χ1) is 10.3. The van der Waals surface area contributed by atoms with Crippen LogP contribution in [0.25, 0.3) is 0 Å². The third-order valence-electron chi connectivity index (χ3n) is 2.49. The summed E-state index contributed by atoms with van der Waals surface area (Å²) in [5.74, 6) is -0.0418. The van der Waals surface area contributed by atoms with E-state index in [1.54, 1.807) is 7.11 Å². The number of rotatable bonds is 7. The van der Waals surface area contributed by atoms with Gasteiger partial charge in [0.25, 0.3) is 0 Å². The average molecular weight is 512 g/mol. The number of guanidine groups is 1. The van der Waals surface area contributed by atoms with E-state index in [1.807, 2.05) is 0 Å². The summed E-state index contributed by atoms with van der Waals surface area (Å²) in [6.07, 6.45) is -4.48. The fourth-order valence-electron chi connectivity index (χ4n) is 1.50. The van der Waals surface area contributed by atoms with E-state index in [9.17, 15) is 13.2 Å². The van der Waals surface area contributed by atoms with Crippen LogP contribution in [0.1, 0.15) is 5.56 Å². The second-order valence-electron chi connectivity index (χ2n) is 4.17. The summed E-state index contributed by atoms with van der Waals surface area (Å²) in [5, 5.41) is 2.74. The Labute approximate surface area is 158 Å². The monoisotopic (exact) mass is 511 g/mol. The summed E-state index contributed by atoms with van der Waals surface area (Å²) in [5.41, 5.74) is 4.72. The summed E-state index contributed by atoms with van der Waals surface area (Å²) >= 11 is 3.01. The Hall–Kier alpha value is -0.750. The summed E-state index contributed by atoms with van der Waals surface area (Å²) in [7, 11) is 1.55. The number of aliphatic imine (C=N–C) groups is 1. The van der Waals surface area contributed by atoms with Crippen LogP contribution < -0.4 is 15.8 Å². The highest BCUT2D eigenvalue weighted by atomic mass is 127. The van der Waals surface area contributed by atoms with Gasteiger partial charge in [0.05, 0.1) is 25.3 Å². The predicted molar refractivity (Wildman–Crippen MR) is 96.4 cm³/mol. The number of hydrogen-bond acceptors (Lipinski definition) is 3. The van der Waals surface area contributed by atoms with Gasteiger partial charge in [0, 0.05) is 11.6 Å². The Bertz CT molecular complexity index is 516. The molecule has 3 N–H and O–H groups in total. The fraction of sp³-hybridized carbons (Fsp3) is 0.462. The van der Waals surface area contributed by atoms with Gasteiger partial charge in [0.15, 0.2) is 5.96 Å². The molecule has 0 amide bonds. The van der Waals surface area contributed by atoms with Gasteiger partial charge in [0.1, 0.15) is 12.4 Å². The quantitative estimate of drug-likeness (QED) is 0.255. The highest BCUT2D eigenvalue weighted by Crippen LogP contribution is 2.37. The molecule has 0 saturated carbocycles. The van der Waals surface area contributed by atoms with Crippen molar-refractivity contribution < 1.29 is 22.6 Å². The zero-order valence-electron chi connectivity index (χ0n) is 12.3. The van der Waals surface area contributed by atoms with Gasteiger partial charge in [-0.25, -0.2) is 0 Å². The van der Waals surface area contributed by atoms with Crippen LogP contribution in [-0.4, -0.2) is 39.4 Å². The topological polar surface area (TPSA) is 68.9 Å². The van der Waals surface area contributed by atoms with Gasteiger partial charge in [-0.15, -0.1) is 24.0 Å². The molecule has 5 nitrogen and oxygen atoms in total. The van der Waals surface area contributed by atoms with Crippen molar-refractivity contribution in [1.29, 1.82) is 0 Å². The van der Waals surface area contributed by atoms with E-state index in [0.29, 0.717) is 17.6 Å². The third kappa shape index (κ3) is 8.61. The van der Waals surface area contributed by atoms with Crippen LogP contribution in [0.2, 0.25) is 0 Å². The Balaban J connectivity index is 0.00000484. The molecule has 0 aliphatic rings. The number of nitrogens with zero attached hydrogens (tertiary/aromatic N) is 1. The first kappa shape index (κ1) is 22.2. The molecule has 0 saturated heterocycles. The zero-order valence-corrected chi connectivity index (χ0v) is 16.2. The molecule has 10 heteroatoms. The molecule has 0 aliphatic heterocycles. The molecule has 1 aromatic rings. The van der Waals surface area contributed by atoms with Crippen molar-refractivity contribution in [1.82, 2.24) is 5.32 Å². The van der Waals surface area contributed by atoms with Crippen LogP contribution in [0.4, 0.5) is 13.2 Å². The summed E-state index contributed by atoms with van der Waals surface area (Å²) in [6, 6.07) is 3.73. The van der Waals surface area contributed by atoms with Crippen LogP contribution in [-0.2, 0) is 10.9 Å². The van der Waals surface area contributed by atoms with Gasteiger partial charge in [-0.3, -0.25) is 4.99 Å². The standard InChI is InChI=1S/C13H17BrF3N3O2.HI/c1-21-6-4-19-12(18)20-5-7-22-11-3-2-9(14)8-10(11)13(15,16)17;/h2-3,8H,4-7H2,1H3,(H3,18,19,20);1H. The van der Waals surface area contributed by atoms with E-state index in [2.05, 4.69) is 26.2 Å². The Morgan fingerprint density at radius 3 is 2.65 bits per heavy atom. The molecular weight excluding hydrogens is 494 g/mol. The molecule has 1 rings (SSSR count). The molecular formula is C13H18BrF3IN3O2. The van der Waals surface area contributed by atoms with E-state index < -0.39 is 11.7 Å². The second kappa shape index (κ2) is 10.9. The molecule has 0 fully saturated rings. The van der Waals surface area contributed by atoms with Crippen molar-refractivity contribution in [2.24, 2.45) is 10.7 Å². The van der Waals surface area contributed by atoms with Crippen LogP contribution in [0, 0.1) is 0 Å². The third-order valence-corrected chi connectivity index (χ3v) is 2.98. The van der Waals surface area contributed by atoms with E-state index in [1.165, 1.54) is 12.1 Å². The number of ether oxygens (including phenoxy) is 2. The molecule has 1 aromatic carbocycles. The van der Waals surface area contributed by atoms with Crippen molar-refractivity contribution in [2.45, 2.75) is 6.18 Å². The number of hydrogen-bond donors (Lipinski definition) is 2. The first-order valence-corrected chi connectivity index (χ1v) is 7.16. The van der Waals surface area contributed by atoms with Crippen molar-refractivity contribution in [2.75, 3.05) is 33.4 Å². The number of benzene rings is 1. The molecule has 0 spiro atoms. The highest BCUT2D eigenvalue weighted by Gasteiger charge is 2.34. The number of nitrogens with one attached hydrogen (secondary N) is 1. The maximum atomic E-state index is 12.9. The smallest absolute Gasteiger partial charge is 0.420 e. The molecule has 0 unspecified atom stereocenters. The van der Waals surface area contributed by atoms with E-state index >= 15 is 0 Å². The molecule has 132 valence electrons. The van der Waals surface area contributed by atoms with E-state index in [0.717, 1.165) is 6.07 Å². The lowest BCUT2D eigenvalue weighted by molar-refractivity contribution is -0.139. The molecule has 0 radical (unpaired) electrons. The summed E-state index contributed by atoms with van der Waals surface area (Å²) < 4.78 is 48.9. The average Bonchev–Trinajstić information content (AvgIpc) is 2.44. The normalized spacial score (nSPS) is 11.8. The number of halogens is 5. The SMILES string of the molecule is COCCN=C(N)NCCOc1ccc(Br)cc1C(F)(F)F.I. The summed E-state index contributed by atoms with van der Waals surface area (Å²) in [4.78, 5) is 3.94. The minimum Gasteiger partial charge on any atom is -0.491 e. The molecule has 0 bridgehead atoms. The Morgan fingerprint density at radius 2 is 2.04 bits per heavy atom. The van der Waals surface area contributed by atoms with Gasteiger partial charge < -0.3 is 20.5 Å².